The third kappa shape index (κ3) is 2.58. The maximum absolute atomic E-state index is 11.6. The quantitative estimate of drug-likeness (QED) is 0.749. The lowest BCUT2D eigenvalue weighted by Crippen LogP contribution is -2.27. The van der Waals surface area contributed by atoms with Crippen LogP contribution in [0.4, 0.5) is 0 Å². The number of carboxylic acid groups (broad SMARTS) is 1. The SMILES string of the molecule is C#CCN(C)C(=O)c1ccc(C(=O)O)cn1. The van der Waals surface area contributed by atoms with E-state index in [0.29, 0.717) is 0 Å². The molecule has 1 aromatic heterocycles. The summed E-state index contributed by atoms with van der Waals surface area (Å²) in [5.74, 6) is 0.913. The smallest absolute Gasteiger partial charge is 0.337 e. The number of carbonyl (C=O) groups is 2. The minimum Gasteiger partial charge on any atom is -0.478 e. The summed E-state index contributed by atoms with van der Waals surface area (Å²) in [5, 5.41) is 8.65. The number of hydrogen-bond donors (Lipinski definition) is 1. The Kier molecular flexibility index (Phi) is 3.62. The van der Waals surface area contributed by atoms with Crippen molar-refractivity contribution in [3.63, 3.8) is 0 Å². The molecule has 0 unspecified atom stereocenters. The van der Waals surface area contributed by atoms with Crippen molar-refractivity contribution in [2.75, 3.05) is 13.6 Å². The molecule has 1 amide bonds. The van der Waals surface area contributed by atoms with Crippen LogP contribution in [0.5, 0.6) is 0 Å². The van der Waals surface area contributed by atoms with E-state index in [0.717, 1.165) is 6.20 Å². The van der Waals surface area contributed by atoms with E-state index in [2.05, 4.69) is 10.9 Å². The van der Waals surface area contributed by atoms with Crippen molar-refractivity contribution in [1.82, 2.24) is 9.88 Å². The van der Waals surface area contributed by atoms with Crippen molar-refractivity contribution >= 4 is 11.9 Å². The molecule has 1 heterocycles. The Labute approximate surface area is 92.7 Å². The first-order chi connectivity index (χ1) is 7.56. The molecule has 0 radical (unpaired) electrons. The molecule has 1 aromatic rings. The van der Waals surface area contributed by atoms with Crippen LogP contribution in [0, 0.1) is 12.3 Å². The zero-order valence-corrected chi connectivity index (χ0v) is 8.67. The van der Waals surface area contributed by atoms with Gasteiger partial charge in [0.25, 0.3) is 5.91 Å². The number of rotatable bonds is 3. The Bertz CT molecular complexity index is 445. The maximum atomic E-state index is 11.6. The van der Waals surface area contributed by atoms with Gasteiger partial charge in [0, 0.05) is 13.2 Å². The Balaban J connectivity index is 2.86. The first-order valence-electron chi connectivity index (χ1n) is 4.44. The van der Waals surface area contributed by atoms with Gasteiger partial charge in [0.05, 0.1) is 12.1 Å². The molecule has 0 saturated heterocycles. The van der Waals surface area contributed by atoms with Crippen LogP contribution in [-0.2, 0) is 0 Å². The second-order valence-electron chi connectivity index (χ2n) is 3.10. The number of terminal acetylenes is 1. The summed E-state index contributed by atoms with van der Waals surface area (Å²) in [6.07, 6.45) is 6.21. The Morgan fingerprint density at radius 1 is 1.56 bits per heavy atom. The fourth-order valence-electron chi connectivity index (χ4n) is 1.05. The second-order valence-corrected chi connectivity index (χ2v) is 3.10. The van der Waals surface area contributed by atoms with Gasteiger partial charge in [-0.3, -0.25) is 9.78 Å². The minimum absolute atomic E-state index is 0.0381. The van der Waals surface area contributed by atoms with E-state index >= 15 is 0 Å². The lowest BCUT2D eigenvalue weighted by molar-refractivity contribution is 0.0694. The van der Waals surface area contributed by atoms with Crippen molar-refractivity contribution in [2.24, 2.45) is 0 Å². The Morgan fingerprint density at radius 2 is 2.25 bits per heavy atom. The number of amides is 1. The minimum atomic E-state index is -1.08. The van der Waals surface area contributed by atoms with Crippen LogP contribution >= 0.6 is 0 Å². The summed E-state index contributed by atoms with van der Waals surface area (Å²) in [5.41, 5.74) is 0.207. The van der Waals surface area contributed by atoms with E-state index in [4.69, 9.17) is 11.5 Å². The van der Waals surface area contributed by atoms with Crippen LogP contribution in [0.15, 0.2) is 18.3 Å². The van der Waals surface area contributed by atoms with E-state index in [1.54, 1.807) is 7.05 Å². The highest BCUT2D eigenvalue weighted by atomic mass is 16.4. The van der Waals surface area contributed by atoms with E-state index < -0.39 is 5.97 Å². The van der Waals surface area contributed by atoms with E-state index in [1.165, 1.54) is 17.0 Å². The number of aromatic nitrogens is 1. The fraction of sp³-hybridized carbons (Fsp3) is 0.182. The van der Waals surface area contributed by atoms with Gasteiger partial charge in [-0.05, 0) is 12.1 Å². The summed E-state index contributed by atoms with van der Waals surface area (Å²) in [7, 11) is 1.55. The number of carbonyl (C=O) groups excluding carboxylic acids is 1. The molecular formula is C11H10N2O3. The Morgan fingerprint density at radius 3 is 2.69 bits per heavy atom. The molecule has 0 aliphatic heterocycles. The Hall–Kier alpha value is -2.35. The van der Waals surface area contributed by atoms with Crippen LogP contribution in [-0.4, -0.2) is 40.5 Å². The molecule has 0 atom stereocenters. The maximum Gasteiger partial charge on any atom is 0.337 e. The largest absolute Gasteiger partial charge is 0.478 e. The van der Waals surface area contributed by atoms with Crippen LogP contribution in [0.3, 0.4) is 0 Å². The first kappa shape index (κ1) is 11.7. The van der Waals surface area contributed by atoms with Crippen molar-refractivity contribution in [2.45, 2.75) is 0 Å². The topological polar surface area (TPSA) is 70.5 Å². The summed E-state index contributed by atoms with van der Waals surface area (Å²) in [6.45, 7) is 0.182. The summed E-state index contributed by atoms with van der Waals surface area (Å²) < 4.78 is 0. The predicted octanol–water partition coefficient (Wildman–Crippen LogP) is 0.485. The molecular weight excluding hydrogens is 208 g/mol. The van der Waals surface area contributed by atoms with Gasteiger partial charge in [-0.2, -0.15) is 0 Å². The lowest BCUT2D eigenvalue weighted by Gasteiger charge is -2.12. The summed E-state index contributed by atoms with van der Waals surface area (Å²) in [4.78, 5) is 27.3. The molecule has 1 N–H and O–H groups in total. The van der Waals surface area contributed by atoms with Gasteiger partial charge >= 0.3 is 5.97 Å². The number of carboxylic acids is 1. The van der Waals surface area contributed by atoms with Crippen LogP contribution in [0.25, 0.3) is 0 Å². The number of hydrogen-bond acceptors (Lipinski definition) is 3. The van der Waals surface area contributed by atoms with Gasteiger partial charge in [-0.15, -0.1) is 6.42 Å². The van der Waals surface area contributed by atoms with Gasteiger partial charge in [-0.25, -0.2) is 4.79 Å². The van der Waals surface area contributed by atoms with E-state index in [9.17, 15) is 9.59 Å². The number of pyridine rings is 1. The molecule has 5 nitrogen and oxygen atoms in total. The van der Waals surface area contributed by atoms with Crippen LogP contribution < -0.4 is 0 Å². The van der Waals surface area contributed by atoms with Crippen LogP contribution in [0.1, 0.15) is 20.8 Å². The standard InChI is InChI=1S/C11H10N2O3/c1-3-6-13(2)10(14)9-5-4-8(7-12-9)11(15)16/h1,4-5,7H,6H2,2H3,(H,15,16). The van der Waals surface area contributed by atoms with Crippen molar-refractivity contribution in [1.29, 1.82) is 0 Å². The zero-order chi connectivity index (χ0) is 12.1. The molecule has 0 aromatic carbocycles. The first-order valence-corrected chi connectivity index (χ1v) is 4.44. The van der Waals surface area contributed by atoms with Crippen molar-refractivity contribution < 1.29 is 14.7 Å². The molecule has 0 fully saturated rings. The zero-order valence-electron chi connectivity index (χ0n) is 8.67. The molecule has 1 rings (SSSR count). The monoisotopic (exact) mass is 218 g/mol. The third-order valence-corrected chi connectivity index (χ3v) is 1.90. The molecule has 0 aliphatic rings. The van der Waals surface area contributed by atoms with Crippen LogP contribution in [0.2, 0.25) is 0 Å². The van der Waals surface area contributed by atoms with Crippen molar-refractivity contribution in [3.05, 3.63) is 29.6 Å². The summed E-state index contributed by atoms with van der Waals surface area (Å²) in [6, 6.07) is 2.69. The second kappa shape index (κ2) is 4.94. The number of aromatic carboxylic acids is 1. The average molecular weight is 218 g/mol. The van der Waals surface area contributed by atoms with E-state index in [1.807, 2.05) is 0 Å². The molecule has 5 heteroatoms. The highest BCUT2D eigenvalue weighted by Gasteiger charge is 2.12. The van der Waals surface area contributed by atoms with Gasteiger partial charge in [-0.1, -0.05) is 5.92 Å². The van der Waals surface area contributed by atoms with Gasteiger partial charge in [0.2, 0.25) is 0 Å². The summed E-state index contributed by atoms with van der Waals surface area (Å²) >= 11 is 0. The molecule has 0 spiro atoms. The lowest BCUT2D eigenvalue weighted by atomic mass is 10.2. The van der Waals surface area contributed by atoms with Crippen molar-refractivity contribution in [3.8, 4) is 12.3 Å². The molecule has 0 bridgehead atoms. The van der Waals surface area contributed by atoms with Gasteiger partial charge < -0.3 is 10.0 Å². The molecule has 0 saturated carbocycles. The normalized spacial score (nSPS) is 9.25. The van der Waals surface area contributed by atoms with Gasteiger partial charge in [0.15, 0.2) is 0 Å². The average Bonchev–Trinajstić information content (AvgIpc) is 2.28. The number of nitrogens with zero attached hydrogens (tertiary/aromatic N) is 2. The molecule has 0 aliphatic carbocycles. The molecule has 16 heavy (non-hydrogen) atoms. The van der Waals surface area contributed by atoms with E-state index in [-0.39, 0.29) is 23.7 Å². The third-order valence-electron chi connectivity index (χ3n) is 1.90. The highest BCUT2D eigenvalue weighted by Crippen LogP contribution is 2.03. The fourth-order valence-corrected chi connectivity index (χ4v) is 1.05. The molecule has 82 valence electrons. The van der Waals surface area contributed by atoms with Gasteiger partial charge in [0.1, 0.15) is 5.69 Å². The predicted molar refractivity (Wildman–Crippen MR) is 57.0 cm³/mol. The highest BCUT2D eigenvalue weighted by molar-refractivity contribution is 5.93.